The van der Waals surface area contributed by atoms with Crippen LogP contribution >= 0.6 is 12.2 Å². The summed E-state index contributed by atoms with van der Waals surface area (Å²) in [7, 11) is 0. The molecular weight excluding hydrogens is 336 g/mol. The first-order chi connectivity index (χ1) is 11.4. The molecule has 0 saturated heterocycles. The van der Waals surface area contributed by atoms with Gasteiger partial charge in [0.1, 0.15) is 11.6 Å². The van der Waals surface area contributed by atoms with Gasteiger partial charge < -0.3 is 20.4 Å². The van der Waals surface area contributed by atoms with Crippen molar-refractivity contribution < 1.29 is 18.7 Å². The van der Waals surface area contributed by atoms with Gasteiger partial charge in [-0.25, -0.2) is 8.78 Å². The number of carbonyl (C=O) groups is 1. The normalized spacial score (nSPS) is 12.3. The molecule has 0 aliphatic carbocycles. The van der Waals surface area contributed by atoms with E-state index in [-0.39, 0.29) is 16.9 Å². The zero-order valence-corrected chi connectivity index (χ0v) is 13.1. The number of rotatable bonds is 4. The van der Waals surface area contributed by atoms with Crippen LogP contribution in [0.3, 0.4) is 0 Å². The lowest BCUT2D eigenvalue weighted by molar-refractivity contribution is 0.0917. The van der Waals surface area contributed by atoms with Crippen molar-refractivity contribution in [2.75, 3.05) is 6.54 Å². The summed E-state index contributed by atoms with van der Waals surface area (Å²) in [5.74, 6) is -1.57. The third-order valence-corrected chi connectivity index (χ3v) is 3.75. The second-order valence-corrected chi connectivity index (χ2v) is 5.64. The molecule has 0 radical (unpaired) electrons. The molecule has 1 heterocycles. The minimum atomic E-state index is -1.01. The molecule has 1 atom stereocenters. The number of aliphatic hydroxyl groups excluding tert-OH is 1. The first-order valence-electron chi connectivity index (χ1n) is 7.07. The first kappa shape index (κ1) is 16.3. The zero-order valence-electron chi connectivity index (χ0n) is 12.3. The van der Waals surface area contributed by atoms with Crippen LogP contribution in [0.15, 0.2) is 36.4 Å². The lowest BCUT2D eigenvalue weighted by Gasteiger charge is -2.12. The van der Waals surface area contributed by atoms with E-state index in [4.69, 9.17) is 12.2 Å². The van der Waals surface area contributed by atoms with Crippen LogP contribution in [0.5, 0.6) is 0 Å². The maximum absolute atomic E-state index is 13.6. The third kappa shape index (κ3) is 3.34. The van der Waals surface area contributed by atoms with Crippen LogP contribution in [0, 0.1) is 16.4 Å². The minimum absolute atomic E-state index is 0.0728. The Kier molecular flexibility index (Phi) is 4.41. The Hall–Kier alpha value is -2.58. The lowest BCUT2D eigenvalue weighted by Crippen LogP contribution is -2.28. The molecule has 124 valence electrons. The third-order valence-electron chi connectivity index (χ3n) is 3.55. The van der Waals surface area contributed by atoms with Gasteiger partial charge in [-0.1, -0.05) is 12.1 Å². The minimum Gasteiger partial charge on any atom is -0.387 e. The van der Waals surface area contributed by atoms with Gasteiger partial charge in [0.2, 0.25) is 0 Å². The molecule has 5 nitrogen and oxygen atoms in total. The summed E-state index contributed by atoms with van der Waals surface area (Å²) in [5, 5.41) is 12.6. The number of amides is 1. The van der Waals surface area contributed by atoms with E-state index in [1.54, 1.807) is 0 Å². The molecule has 0 spiro atoms. The van der Waals surface area contributed by atoms with Crippen LogP contribution in [-0.2, 0) is 0 Å². The first-order valence-corrected chi connectivity index (χ1v) is 7.48. The molecule has 4 N–H and O–H groups in total. The van der Waals surface area contributed by atoms with Crippen molar-refractivity contribution in [2.45, 2.75) is 6.10 Å². The highest BCUT2D eigenvalue weighted by Crippen LogP contribution is 2.18. The largest absolute Gasteiger partial charge is 0.387 e. The number of hydrogen-bond donors (Lipinski definition) is 4. The fourth-order valence-electron chi connectivity index (χ4n) is 2.37. The van der Waals surface area contributed by atoms with Crippen LogP contribution in [0.4, 0.5) is 8.78 Å². The number of fused-ring (bicyclic) bond motifs is 1. The van der Waals surface area contributed by atoms with E-state index in [9.17, 15) is 18.7 Å². The lowest BCUT2D eigenvalue weighted by atomic mass is 10.1. The van der Waals surface area contributed by atoms with E-state index in [1.807, 2.05) is 0 Å². The Bertz CT molecular complexity index is 950. The number of carbonyl (C=O) groups excluding carboxylic acids is 1. The van der Waals surface area contributed by atoms with E-state index >= 15 is 0 Å². The second kappa shape index (κ2) is 6.50. The number of aliphatic hydroxyl groups is 1. The Labute approximate surface area is 140 Å². The topological polar surface area (TPSA) is 80.9 Å². The number of aromatic nitrogens is 2. The van der Waals surface area contributed by atoms with E-state index in [1.165, 1.54) is 30.3 Å². The summed E-state index contributed by atoms with van der Waals surface area (Å²) >= 11 is 4.95. The molecule has 1 unspecified atom stereocenters. The molecule has 1 amide bonds. The highest BCUT2D eigenvalue weighted by atomic mass is 32.1. The standard InChI is InChI=1S/C16H13F2N3O2S/c17-9-3-1-8(2-4-9)13(22)7-19-15(23)11-5-10(18)6-12-14(11)21-16(24)20-12/h1-6,13,22H,7H2,(H,19,23)(H2,20,21,24). The summed E-state index contributed by atoms with van der Waals surface area (Å²) < 4.78 is 26.8. The number of H-pyrrole nitrogens is 2. The molecule has 0 aliphatic heterocycles. The summed E-state index contributed by atoms with van der Waals surface area (Å²) in [4.78, 5) is 17.8. The van der Waals surface area contributed by atoms with E-state index in [0.29, 0.717) is 16.6 Å². The van der Waals surface area contributed by atoms with Crippen LogP contribution in [0.1, 0.15) is 22.0 Å². The molecule has 3 rings (SSSR count). The smallest absolute Gasteiger partial charge is 0.253 e. The molecule has 24 heavy (non-hydrogen) atoms. The van der Waals surface area contributed by atoms with Gasteiger partial charge in [-0.05, 0) is 42.0 Å². The van der Waals surface area contributed by atoms with Gasteiger partial charge in [0.05, 0.1) is 22.7 Å². The van der Waals surface area contributed by atoms with Crippen molar-refractivity contribution in [3.63, 3.8) is 0 Å². The maximum atomic E-state index is 13.6. The number of aromatic amines is 2. The van der Waals surface area contributed by atoms with Gasteiger partial charge in [-0.3, -0.25) is 4.79 Å². The molecule has 2 aromatic carbocycles. The number of imidazole rings is 1. The fraction of sp³-hybridized carbons (Fsp3) is 0.125. The summed E-state index contributed by atoms with van der Waals surface area (Å²) in [6.45, 7) is -0.104. The van der Waals surface area contributed by atoms with Crippen molar-refractivity contribution in [1.29, 1.82) is 0 Å². The van der Waals surface area contributed by atoms with E-state index < -0.39 is 23.6 Å². The Balaban J connectivity index is 1.78. The van der Waals surface area contributed by atoms with E-state index in [2.05, 4.69) is 15.3 Å². The molecule has 1 aromatic heterocycles. The van der Waals surface area contributed by atoms with Crippen molar-refractivity contribution in [3.05, 3.63) is 63.9 Å². The number of benzene rings is 2. The van der Waals surface area contributed by atoms with Gasteiger partial charge in [0.25, 0.3) is 5.91 Å². The predicted octanol–water partition coefficient (Wildman–Crippen LogP) is 2.97. The van der Waals surface area contributed by atoms with Gasteiger partial charge in [0.15, 0.2) is 4.77 Å². The summed E-state index contributed by atoms with van der Waals surface area (Å²) in [6.07, 6.45) is -1.01. The Morgan fingerprint density at radius 3 is 2.58 bits per heavy atom. The highest BCUT2D eigenvalue weighted by Gasteiger charge is 2.16. The van der Waals surface area contributed by atoms with E-state index in [0.717, 1.165) is 6.07 Å². The molecule has 0 aliphatic rings. The predicted molar refractivity (Wildman–Crippen MR) is 87.1 cm³/mol. The molecular formula is C16H13F2N3O2S. The molecule has 8 heteroatoms. The van der Waals surface area contributed by atoms with Crippen molar-refractivity contribution in [3.8, 4) is 0 Å². The number of nitrogens with one attached hydrogen (secondary N) is 3. The number of halogens is 2. The second-order valence-electron chi connectivity index (χ2n) is 5.23. The number of hydrogen-bond acceptors (Lipinski definition) is 3. The van der Waals surface area contributed by atoms with Crippen LogP contribution in [0.25, 0.3) is 11.0 Å². The molecule has 0 bridgehead atoms. The monoisotopic (exact) mass is 349 g/mol. The Morgan fingerprint density at radius 1 is 1.17 bits per heavy atom. The fourth-order valence-corrected chi connectivity index (χ4v) is 2.59. The maximum Gasteiger partial charge on any atom is 0.253 e. The van der Waals surface area contributed by atoms with Crippen molar-refractivity contribution in [1.82, 2.24) is 15.3 Å². The van der Waals surface area contributed by atoms with Crippen LogP contribution < -0.4 is 5.32 Å². The van der Waals surface area contributed by atoms with Crippen molar-refractivity contribution >= 4 is 29.2 Å². The van der Waals surface area contributed by atoms with Crippen LogP contribution in [0.2, 0.25) is 0 Å². The van der Waals surface area contributed by atoms with Gasteiger partial charge >= 0.3 is 0 Å². The SMILES string of the molecule is O=C(NCC(O)c1ccc(F)cc1)c1cc(F)cc2[nH]c(=S)[nH]c12. The highest BCUT2D eigenvalue weighted by molar-refractivity contribution is 7.71. The molecule has 0 saturated carbocycles. The summed E-state index contributed by atoms with van der Waals surface area (Å²) in [5.41, 5.74) is 1.30. The quantitative estimate of drug-likeness (QED) is 0.547. The molecule has 0 fully saturated rings. The van der Waals surface area contributed by atoms with Crippen molar-refractivity contribution in [2.24, 2.45) is 0 Å². The van der Waals surface area contributed by atoms with Gasteiger partial charge in [0, 0.05) is 6.54 Å². The van der Waals surface area contributed by atoms with Crippen LogP contribution in [-0.4, -0.2) is 27.5 Å². The average molecular weight is 349 g/mol. The van der Waals surface area contributed by atoms with Gasteiger partial charge in [-0.15, -0.1) is 0 Å². The molecule has 3 aromatic rings. The average Bonchev–Trinajstić information content (AvgIpc) is 2.92. The Morgan fingerprint density at radius 2 is 1.88 bits per heavy atom. The summed E-state index contributed by atoms with van der Waals surface area (Å²) in [6, 6.07) is 7.60. The van der Waals surface area contributed by atoms with Gasteiger partial charge in [-0.2, -0.15) is 0 Å². The zero-order chi connectivity index (χ0) is 17.3.